The molecule has 7 heteroatoms. The summed E-state index contributed by atoms with van der Waals surface area (Å²) in [5.41, 5.74) is 0.907. The molecule has 0 saturated carbocycles. The van der Waals surface area contributed by atoms with Gasteiger partial charge in [-0.25, -0.2) is 4.39 Å². The van der Waals surface area contributed by atoms with E-state index in [9.17, 15) is 9.18 Å². The molecule has 0 fully saturated rings. The number of nitrogens with one attached hydrogen (secondary N) is 2. The quantitative estimate of drug-likeness (QED) is 0.842. The minimum absolute atomic E-state index is 0.100. The summed E-state index contributed by atoms with van der Waals surface area (Å²) in [6.45, 7) is 0. The van der Waals surface area contributed by atoms with Crippen LogP contribution in [0.25, 0.3) is 0 Å². The van der Waals surface area contributed by atoms with Crippen LogP contribution in [-0.2, 0) is 0 Å². The van der Waals surface area contributed by atoms with Crippen molar-refractivity contribution in [2.45, 2.75) is 0 Å². The summed E-state index contributed by atoms with van der Waals surface area (Å²) in [5, 5.41) is 5.44. The Morgan fingerprint density at radius 3 is 2.13 bits per heavy atom. The van der Waals surface area contributed by atoms with Gasteiger partial charge in [0.25, 0.3) is 5.91 Å². The van der Waals surface area contributed by atoms with Crippen LogP contribution < -0.4 is 20.1 Å². The molecule has 0 spiro atoms. The number of benzene rings is 2. The molecule has 0 aliphatic carbocycles. The standard InChI is InChI=1S/C16H15FN2O3S/c1-21-13-7-10(8-14(9-13)22-2)15(20)19-16(23)18-12-5-3-11(17)4-6-12/h3-9H,1-2H3,(H2,18,19,20,23). The predicted molar refractivity (Wildman–Crippen MR) is 89.6 cm³/mol. The molecule has 2 rings (SSSR count). The fraction of sp³-hybridized carbons (Fsp3) is 0.125. The molecule has 0 heterocycles. The maximum Gasteiger partial charge on any atom is 0.257 e. The third kappa shape index (κ3) is 4.65. The van der Waals surface area contributed by atoms with Crippen molar-refractivity contribution in [3.63, 3.8) is 0 Å². The van der Waals surface area contributed by atoms with E-state index < -0.39 is 5.91 Å². The molecule has 2 N–H and O–H groups in total. The first-order valence-corrected chi connectivity index (χ1v) is 7.03. The summed E-state index contributed by atoms with van der Waals surface area (Å²) in [6, 6.07) is 10.4. The van der Waals surface area contributed by atoms with Crippen LogP contribution in [0.1, 0.15) is 10.4 Å². The van der Waals surface area contributed by atoms with Crippen LogP contribution >= 0.6 is 12.2 Å². The molecule has 0 aliphatic heterocycles. The fourth-order valence-electron chi connectivity index (χ4n) is 1.81. The van der Waals surface area contributed by atoms with Crippen LogP contribution in [0.2, 0.25) is 0 Å². The van der Waals surface area contributed by atoms with Crippen molar-refractivity contribution in [3.8, 4) is 11.5 Å². The zero-order valence-electron chi connectivity index (χ0n) is 12.6. The lowest BCUT2D eigenvalue weighted by atomic mass is 10.2. The van der Waals surface area contributed by atoms with E-state index in [1.54, 1.807) is 18.2 Å². The molecule has 2 aromatic rings. The van der Waals surface area contributed by atoms with Crippen molar-refractivity contribution < 1.29 is 18.7 Å². The van der Waals surface area contributed by atoms with Crippen molar-refractivity contribution in [3.05, 3.63) is 53.8 Å². The number of hydrogen-bond donors (Lipinski definition) is 2. The normalized spacial score (nSPS) is 9.87. The highest BCUT2D eigenvalue weighted by molar-refractivity contribution is 7.80. The highest BCUT2D eigenvalue weighted by Crippen LogP contribution is 2.22. The minimum Gasteiger partial charge on any atom is -0.497 e. The maximum absolute atomic E-state index is 12.8. The minimum atomic E-state index is -0.415. The van der Waals surface area contributed by atoms with E-state index in [4.69, 9.17) is 21.7 Å². The highest BCUT2D eigenvalue weighted by Gasteiger charge is 2.11. The molecule has 0 radical (unpaired) electrons. The number of hydrogen-bond acceptors (Lipinski definition) is 4. The summed E-state index contributed by atoms with van der Waals surface area (Å²) >= 11 is 5.07. The first-order chi connectivity index (χ1) is 11.0. The summed E-state index contributed by atoms with van der Waals surface area (Å²) in [7, 11) is 2.99. The van der Waals surface area contributed by atoms with Crippen LogP contribution in [0.15, 0.2) is 42.5 Å². The number of carbonyl (C=O) groups is 1. The van der Waals surface area contributed by atoms with Gasteiger partial charge in [-0.3, -0.25) is 10.1 Å². The lowest BCUT2D eigenvalue weighted by Crippen LogP contribution is -2.34. The SMILES string of the molecule is COc1cc(OC)cc(C(=O)NC(=S)Nc2ccc(F)cc2)c1. The van der Waals surface area contributed by atoms with Gasteiger partial charge in [0.05, 0.1) is 14.2 Å². The van der Waals surface area contributed by atoms with Gasteiger partial charge in [-0.05, 0) is 48.6 Å². The van der Waals surface area contributed by atoms with Crippen molar-refractivity contribution >= 4 is 28.9 Å². The Kier molecular flexibility index (Phi) is 5.48. The van der Waals surface area contributed by atoms with Crippen LogP contribution in [0, 0.1) is 5.82 Å². The number of methoxy groups -OCH3 is 2. The Hall–Kier alpha value is -2.67. The van der Waals surface area contributed by atoms with E-state index in [0.717, 1.165) is 0 Å². The van der Waals surface area contributed by atoms with Gasteiger partial charge in [0.15, 0.2) is 5.11 Å². The fourth-order valence-corrected chi connectivity index (χ4v) is 2.02. The first kappa shape index (κ1) is 16.7. The molecule has 2 aromatic carbocycles. The third-order valence-corrected chi connectivity index (χ3v) is 3.15. The van der Waals surface area contributed by atoms with Gasteiger partial charge in [-0.1, -0.05) is 0 Å². The summed E-state index contributed by atoms with van der Waals surface area (Å²) in [5.74, 6) is 0.217. The van der Waals surface area contributed by atoms with E-state index in [-0.39, 0.29) is 10.9 Å². The molecule has 23 heavy (non-hydrogen) atoms. The molecule has 0 saturated heterocycles. The van der Waals surface area contributed by atoms with Crippen molar-refractivity contribution in [1.29, 1.82) is 0 Å². The predicted octanol–water partition coefficient (Wildman–Crippen LogP) is 2.97. The second-order valence-corrected chi connectivity index (χ2v) is 4.92. The van der Waals surface area contributed by atoms with Crippen LogP contribution in [0.5, 0.6) is 11.5 Å². The number of rotatable bonds is 4. The molecular weight excluding hydrogens is 319 g/mol. The molecule has 0 aliphatic rings. The van der Waals surface area contributed by atoms with Gasteiger partial charge in [0.1, 0.15) is 17.3 Å². The number of amides is 1. The molecular formula is C16H15FN2O3S. The zero-order valence-corrected chi connectivity index (χ0v) is 13.4. The van der Waals surface area contributed by atoms with E-state index in [0.29, 0.717) is 22.7 Å². The summed E-state index contributed by atoms with van der Waals surface area (Å²) in [4.78, 5) is 12.2. The van der Waals surface area contributed by atoms with Gasteiger partial charge in [-0.15, -0.1) is 0 Å². The molecule has 120 valence electrons. The molecule has 0 atom stereocenters. The zero-order chi connectivity index (χ0) is 16.8. The van der Waals surface area contributed by atoms with Crippen LogP contribution in [0.3, 0.4) is 0 Å². The average Bonchev–Trinajstić information content (AvgIpc) is 2.56. The average molecular weight is 334 g/mol. The van der Waals surface area contributed by atoms with Crippen molar-refractivity contribution in [2.75, 3.05) is 19.5 Å². The van der Waals surface area contributed by atoms with Crippen molar-refractivity contribution in [2.24, 2.45) is 0 Å². The Morgan fingerprint density at radius 2 is 1.61 bits per heavy atom. The molecule has 1 amide bonds. The molecule has 5 nitrogen and oxygen atoms in total. The number of anilines is 1. The topological polar surface area (TPSA) is 59.6 Å². The largest absolute Gasteiger partial charge is 0.497 e. The van der Waals surface area contributed by atoms with E-state index in [1.807, 2.05) is 0 Å². The smallest absolute Gasteiger partial charge is 0.257 e. The van der Waals surface area contributed by atoms with Gasteiger partial charge >= 0.3 is 0 Å². The Balaban J connectivity index is 2.06. The van der Waals surface area contributed by atoms with Gasteiger partial charge < -0.3 is 14.8 Å². The van der Waals surface area contributed by atoms with Gasteiger partial charge in [0.2, 0.25) is 0 Å². The Morgan fingerprint density at radius 1 is 1.04 bits per heavy atom. The van der Waals surface area contributed by atoms with Gasteiger partial charge in [0, 0.05) is 17.3 Å². The lowest BCUT2D eigenvalue weighted by molar-refractivity contribution is 0.0977. The van der Waals surface area contributed by atoms with E-state index in [2.05, 4.69) is 10.6 Å². The number of halogens is 1. The number of carbonyl (C=O) groups excluding carboxylic acids is 1. The van der Waals surface area contributed by atoms with Crippen LogP contribution in [0.4, 0.5) is 10.1 Å². The van der Waals surface area contributed by atoms with Crippen molar-refractivity contribution in [1.82, 2.24) is 5.32 Å². The maximum atomic E-state index is 12.8. The van der Waals surface area contributed by atoms with E-state index >= 15 is 0 Å². The van der Waals surface area contributed by atoms with Crippen LogP contribution in [-0.4, -0.2) is 25.2 Å². The Labute approximate surface area is 138 Å². The van der Waals surface area contributed by atoms with Gasteiger partial charge in [-0.2, -0.15) is 0 Å². The number of thiocarbonyl (C=S) groups is 1. The molecule has 0 aromatic heterocycles. The summed E-state index contributed by atoms with van der Waals surface area (Å²) in [6.07, 6.45) is 0. The monoisotopic (exact) mass is 334 g/mol. The molecule has 0 unspecified atom stereocenters. The second-order valence-electron chi connectivity index (χ2n) is 4.52. The summed E-state index contributed by atoms with van der Waals surface area (Å²) < 4.78 is 23.1. The Bertz CT molecular complexity index is 698. The third-order valence-electron chi connectivity index (χ3n) is 2.94. The lowest BCUT2D eigenvalue weighted by Gasteiger charge is -2.11. The second kappa shape index (κ2) is 7.55. The number of ether oxygens (including phenoxy) is 2. The first-order valence-electron chi connectivity index (χ1n) is 6.63. The highest BCUT2D eigenvalue weighted by atomic mass is 32.1. The molecule has 0 bridgehead atoms. The van der Waals surface area contributed by atoms with E-state index in [1.165, 1.54) is 38.5 Å².